The first-order valence-electron chi connectivity index (χ1n) is 9.90. The van der Waals surface area contributed by atoms with E-state index in [1.807, 2.05) is 0 Å². The van der Waals surface area contributed by atoms with Gasteiger partial charge in [-0.1, -0.05) is 6.07 Å². The van der Waals surface area contributed by atoms with Crippen molar-refractivity contribution in [2.75, 3.05) is 23.0 Å². The molecule has 0 saturated carbocycles. The van der Waals surface area contributed by atoms with Crippen LogP contribution in [0.4, 0.5) is 16.5 Å². The van der Waals surface area contributed by atoms with Gasteiger partial charge in [0.2, 0.25) is 0 Å². The molecule has 8 nitrogen and oxygen atoms in total. The topological polar surface area (TPSA) is 132 Å². The van der Waals surface area contributed by atoms with E-state index in [2.05, 4.69) is 15.6 Å². The number of nitrogens with zero attached hydrogens (tertiary/aromatic N) is 1. The first-order valence-corrected chi connectivity index (χ1v) is 10.7. The maximum absolute atomic E-state index is 12.6. The number of hydrogen-bond donors (Lipinski definition) is 4. The standard InChI is InChI=1S/C22H23N5O3S/c23-14-4-7-16(8-5-14)25-20(28)12-30-17-3-1-2-13(10-17)21(29)27-22-26-18-9-6-15(24)11-19(18)31-22/h1-5,7-8,10,15H,6,9,11-12,23-24H2,(H,25,28)(H,26,27,29)/t15-/m0/s1. The number of thiazole rings is 1. The number of benzene rings is 2. The molecule has 6 N–H and O–H groups in total. The van der Waals surface area contributed by atoms with E-state index in [1.165, 1.54) is 11.3 Å². The van der Waals surface area contributed by atoms with Crippen LogP contribution in [-0.2, 0) is 17.6 Å². The Hall–Kier alpha value is -3.43. The monoisotopic (exact) mass is 437 g/mol. The zero-order chi connectivity index (χ0) is 21.8. The number of carbonyl (C=O) groups excluding carboxylic acids is 2. The zero-order valence-corrected chi connectivity index (χ0v) is 17.6. The van der Waals surface area contributed by atoms with Gasteiger partial charge < -0.3 is 21.5 Å². The molecule has 0 spiro atoms. The van der Waals surface area contributed by atoms with Gasteiger partial charge in [-0.05, 0) is 61.7 Å². The Morgan fingerprint density at radius 2 is 1.97 bits per heavy atom. The number of fused-ring (bicyclic) bond motifs is 1. The number of carbonyl (C=O) groups is 2. The lowest BCUT2D eigenvalue weighted by atomic mass is 9.99. The maximum Gasteiger partial charge on any atom is 0.262 e. The van der Waals surface area contributed by atoms with E-state index in [9.17, 15) is 9.59 Å². The highest BCUT2D eigenvalue weighted by Crippen LogP contribution is 2.29. The summed E-state index contributed by atoms with van der Waals surface area (Å²) in [5.74, 6) is -0.178. The molecule has 0 bridgehead atoms. The van der Waals surface area contributed by atoms with Crippen LogP contribution in [0.15, 0.2) is 48.5 Å². The van der Waals surface area contributed by atoms with Crippen LogP contribution >= 0.6 is 11.3 Å². The third kappa shape index (κ3) is 5.39. The molecule has 1 aliphatic rings. The van der Waals surface area contributed by atoms with Crippen molar-refractivity contribution in [3.8, 4) is 5.75 Å². The second-order valence-corrected chi connectivity index (χ2v) is 8.42. The number of nitrogen functional groups attached to an aromatic ring is 1. The minimum absolute atomic E-state index is 0.155. The third-order valence-corrected chi connectivity index (χ3v) is 5.89. The summed E-state index contributed by atoms with van der Waals surface area (Å²) in [4.78, 5) is 30.4. The van der Waals surface area contributed by atoms with Crippen molar-refractivity contribution in [1.82, 2.24) is 4.98 Å². The number of rotatable bonds is 6. The van der Waals surface area contributed by atoms with Crippen LogP contribution in [0.1, 0.15) is 27.3 Å². The van der Waals surface area contributed by atoms with E-state index < -0.39 is 0 Å². The van der Waals surface area contributed by atoms with Gasteiger partial charge in [-0.2, -0.15) is 0 Å². The lowest BCUT2D eigenvalue weighted by molar-refractivity contribution is -0.118. The smallest absolute Gasteiger partial charge is 0.262 e. The summed E-state index contributed by atoms with van der Waals surface area (Å²) in [5.41, 5.74) is 14.3. The highest BCUT2D eigenvalue weighted by Gasteiger charge is 2.21. The van der Waals surface area contributed by atoms with E-state index in [0.29, 0.717) is 27.8 Å². The molecular weight excluding hydrogens is 414 g/mol. The Morgan fingerprint density at radius 3 is 2.77 bits per heavy atom. The molecule has 1 aromatic heterocycles. The van der Waals surface area contributed by atoms with E-state index in [-0.39, 0.29) is 24.5 Å². The minimum Gasteiger partial charge on any atom is -0.484 e. The zero-order valence-electron chi connectivity index (χ0n) is 16.8. The van der Waals surface area contributed by atoms with Crippen LogP contribution in [0.25, 0.3) is 0 Å². The van der Waals surface area contributed by atoms with E-state index >= 15 is 0 Å². The summed E-state index contributed by atoms with van der Waals surface area (Å²) in [6.07, 6.45) is 2.55. The molecule has 1 heterocycles. The molecule has 0 radical (unpaired) electrons. The van der Waals surface area contributed by atoms with Gasteiger partial charge in [0.25, 0.3) is 11.8 Å². The van der Waals surface area contributed by atoms with Crippen molar-refractivity contribution in [2.45, 2.75) is 25.3 Å². The Balaban J connectivity index is 1.34. The highest BCUT2D eigenvalue weighted by molar-refractivity contribution is 7.15. The number of nitrogens with one attached hydrogen (secondary N) is 2. The SMILES string of the molecule is Nc1ccc(NC(=O)COc2cccc(C(=O)Nc3nc4c(s3)C[C@@H](N)CC4)c2)cc1. The fraction of sp³-hybridized carbons (Fsp3) is 0.227. The molecule has 160 valence electrons. The molecule has 0 saturated heterocycles. The first kappa shape index (κ1) is 20.8. The Morgan fingerprint density at radius 1 is 1.16 bits per heavy atom. The number of nitrogens with two attached hydrogens (primary N) is 2. The largest absolute Gasteiger partial charge is 0.484 e. The van der Waals surface area contributed by atoms with Crippen LogP contribution in [0.5, 0.6) is 5.75 Å². The Kier molecular flexibility index (Phi) is 6.15. The Labute approximate surface area is 183 Å². The predicted molar refractivity (Wildman–Crippen MR) is 121 cm³/mol. The summed E-state index contributed by atoms with van der Waals surface area (Å²) in [7, 11) is 0. The Bertz CT molecular complexity index is 1100. The molecular formula is C22H23N5O3S. The maximum atomic E-state index is 12.6. The van der Waals surface area contributed by atoms with Crippen molar-refractivity contribution in [3.05, 3.63) is 64.7 Å². The number of hydrogen-bond acceptors (Lipinski definition) is 7. The van der Waals surface area contributed by atoms with E-state index in [0.717, 1.165) is 29.8 Å². The third-order valence-electron chi connectivity index (χ3n) is 4.86. The number of aryl methyl sites for hydroxylation is 1. The van der Waals surface area contributed by atoms with Crippen molar-refractivity contribution < 1.29 is 14.3 Å². The fourth-order valence-electron chi connectivity index (χ4n) is 3.26. The predicted octanol–water partition coefficient (Wildman–Crippen LogP) is 2.81. The normalized spacial score (nSPS) is 15.1. The average molecular weight is 438 g/mol. The molecule has 1 aliphatic carbocycles. The van der Waals surface area contributed by atoms with Gasteiger partial charge in [-0.3, -0.25) is 14.9 Å². The van der Waals surface area contributed by atoms with Gasteiger partial charge in [0, 0.05) is 27.9 Å². The summed E-state index contributed by atoms with van der Waals surface area (Å²) in [6, 6.07) is 13.6. The number of amides is 2. The van der Waals surface area contributed by atoms with Gasteiger partial charge in [-0.15, -0.1) is 11.3 Å². The summed E-state index contributed by atoms with van der Waals surface area (Å²) in [6.45, 7) is -0.186. The van der Waals surface area contributed by atoms with Crippen LogP contribution < -0.4 is 26.8 Å². The van der Waals surface area contributed by atoms with Crippen molar-refractivity contribution >= 4 is 39.7 Å². The molecule has 1 atom stereocenters. The number of aromatic nitrogens is 1. The van der Waals surface area contributed by atoms with Crippen LogP contribution in [0, 0.1) is 0 Å². The lowest BCUT2D eigenvalue weighted by Crippen LogP contribution is -2.27. The van der Waals surface area contributed by atoms with E-state index in [4.69, 9.17) is 16.2 Å². The lowest BCUT2D eigenvalue weighted by Gasteiger charge is -2.15. The molecule has 2 aromatic carbocycles. The molecule has 3 aromatic rings. The van der Waals surface area contributed by atoms with Gasteiger partial charge in [0.15, 0.2) is 11.7 Å². The van der Waals surface area contributed by atoms with Crippen LogP contribution in [0.2, 0.25) is 0 Å². The number of ether oxygens (including phenoxy) is 1. The molecule has 4 rings (SSSR count). The molecule has 0 fully saturated rings. The summed E-state index contributed by atoms with van der Waals surface area (Å²) >= 11 is 1.47. The van der Waals surface area contributed by atoms with Crippen molar-refractivity contribution in [2.24, 2.45) is 5.73 Å². The van der Waals surface area contributed by atoms with Crippen molar-refractivity contribution in [3.63, 3.8) is 0 Å². The van der Waals surface area contributed by atoms with Gasteiger partial charge >= 0.3 is 0 Å². The first-order chi connectivity index (χ1) is 15.0. The fourth-order valence-corrected chi connectivity index (χ4v) is 4.36. The van der Waals surface area contributed by atoms with Gasteiger partial charge in [0.1, 0.15) is 5.75 Å². The molecule has 9 heteroatoms. The van der Waals surface area contributed by atoms with Crippen LogP contribution in [-0.4, -0.2) is 29.4 Å². The summed E-state index contributed by atoms with van der Waals surface area (Å²) < 4.78 is 5.54. The highest BCUT2D eigenvalue weighted by atomic mass is 32.1. The molecule has 31 heavy (non-hydrogen) atoms. The number of anilines is 3. The summed E-state index contributed by atoms with van der Waals surface area (Å²) in [5, 5.41) is 6.13. The molecule has 0 unspecified atom stereocenters. The van der Waals surface area contributed by atoms with Gasteiger partial charge in [0.05, 0.1) is 5.69 Å². The second-order valence-electron chi connectivity index (χ2n) is 7.33. The van der Waals surface area contributed by atoms with E-state index in [1.54, 1.807) is 48.5 Å². The minimum atomic E-state index is -0.314. The molecule has 0 aliphatic heterocycles. The second kappa shape index (κ2) is 9.15. The van der Waals surface area contributed by atoms with Crippen molar-refractivity contribution in [1.29, 1.82) is 0 Å². The van der Waals surface area contributed by atoms with Crippen LogP contribution in [0.3, 0.4) is 0 Å². The average Bonchev–Trinajstić information content (AvgIpc) is 3.15. The van der Waals surface area contributed by atoms with Gasteiger partial charge in [-0.25, -0.2) is 4.98 Å². The quantitative estimate of drug-likeness (QED) is 0.438. The molecule has 2 amide bonds.